The van der Waals surface area contributed by atoms with E-state index >= 15 is 0 Å². The molecule has 2 bridgehead atoms. The number of hydrogen-bond acceptors (Lipinski definition) is 4. The lowest BCUT2D eigenvalue weighted by atomic mass is 10.0. The van der Waals surface area contributed by atoms with Crippen molar-refractivity contribution in [3.8, 4) is 0 Å². The van der Waals surface area contributed by atoms with Crippen LogP contribution in [-0.4, -0.2) is 36.0 Å². The lowest BCUT2D eigenvalue weighted by Crippen LogP contribution is -2.48. The van der Waals surface area contributed by atoms with Gasteiger partial charge in [0.1, 0.15) is 0 Å². The van der Waals surface area contributed by atoms with Gasteiger partial charge >= 0.3 is 0 Å². The first-order chi connectivity index (χ1) is 9.80. The van der Waals surface area contributed by atoms with Gasteiger partial charge in [-0.15, -0.1) is 0 Å². The largest absolute Gasteiger partial charge is 0.397 e. The molecule has 116 valence electrons. The van der Waals surface area contributed by atoms with E-state index in [1.165, 1.54) is 6.07 Å². The summed E-state index contributed by atoms with van der Waals surface area (Å²) in [5.41, 5.74) is 6.63. The van der Waals surface area contributed by atoms with Crippen LogP contribution < -0.4 is 5.73 Å². The van der Waals surface area contributed by atoms with Crippen LogP contribution in [0.4, 0.5) is 5.69 Å². The predicted octanol–water partition coefficient (Wildman–Crippen LogP) is 1.91. The lowest BCUT2D eigenvalue weighted by Gasteiger charge is -2.36. The van der Waals surface area contributed by atoms with Crippen LogP contribution in [0.5, 0.6) is 0 Å². The van der Waals surface area contributed by atoms with E-state index < -0.39 is 16.1 Å². The van der Waals surface area contributed by atoms with Crippen LogP contribution in [-0.2, 0) is 10.0 Å². The maximum absolute atomic E-state index is 13.0. The second-order valence-electron chi connectivity index (χ2n) is 5.98. The van der Waals surface area contributed by atoms with E-state index in [1.807, 2.05) is 0 Å². The number of aryl methyl sites for hydroxylation is 1. The predicted molar refractivity (Wildman–Crippen MR) is 81.7 cm³/mol. The Hall–Kier alpha value is -0.820. The summed E-state index contributed by atoms with van der Waals surface area (Å²) < 4.78 is 27.5. The fourth-order valence-corrected chi connectivity index (χ4v) is 5.91. The van der Waals surface area contributed by atoms with Crippen molar-refractivity contribution in [2.75, 3.05) is 5.73 Å². The van der Waals surface area contributed by atoms with Gasteiger partial charge in [-0.25, -0.2) is 8.42 Å². The molecule has 0 saturated carbocycles. The number of piperidine rings is 1. The highest BCUT2D eigenvalue weighted by molar-refractivity contribution is 7.89. The standard InChI is InChI=1S/C14H19ClN2O3S/c1-8-4-12(15)13(16)7-14(8)21(19,20)17-9-2-3-10(17)6-11(18)5-9/h4,7,9-11,18H,2-3,5-6,16H2,1H3. The van der Waals surface area contributed by atoms with Crippen molar-refractivity contribution in [1.29, 1.82) is 0 Å². The molecule has 2 heterocycles. The number of anilines is 1. The number of sulfonamides is 1. The Labute approximate surface area is 129 Å². The Morgan fingerprint density at radius 3 is 2.43 bits per heavy atom. The van der Waals surface area contributed by atoms with Gasteiger partial charge in [-0.05, 0) is 50.3 Å². The van der Waals surface area contributed by atoms with E-state index in [9.17, 15) is 13.5 Å². The second-order valence-corrected chi connectivity index (χ2v) is 8.20. The van der Waals surface area contributed by atoms with Gasteiger partial charge in [0.05, 0.1) is 21.7 Å². The number of aliphatic hydroxyl groups excluding tert-OH is 1. The normalized spacial score (nSPS) is 29.8. The van der Waals surface area contributed by atoms with Crippen LogP contribution in [0.3, 0.4) is 0 Å². The molecule has 0 amide bonds. The number of nitrogens with two attached hydrogens (primary N) is 1. The number of halogens is 1. The molecule has 2 aliphatic rings. The molecule has 2 aliphatic heterocycles. The number of nitrogens with zero attached hydrogens (tertiary/aromatic N) is 1. The minimum Gasteiger partial charge on any atom is -0.397 e. The zero-order valence-electron chi connectivity index (χ0n) is 11.8. The molecule has 0 radical (unpaired) electrons. The maximum Gasteiger partial charge on any atom is 0.243 e. The molecule has 0 spiro atoms. The molecule has 3 N–H and O–H groups in total. The van der Waals surface area contributed by atoms with Gasteiger partial charge in [-0.1, -0.05) is 11.6 Å². The fourth-order valence-electron chi connectivity index (χ4n) is 3.56. The van der Waals surface area contributed by atoms with Crippen LogP contribution in [0.2, 0.25) is 5.02 Å². The number of nitrogen functional groups attached to an aromatic ring is 1. The summed E-state index contributed by atoms with van der Waals surface area (Å²) in [5, 5.41) is 10.2. The van der Waals surface area contributed by atoms with Gasteiger partial charge in [0.15, 0.2) is 0 Å². The zero-order valence-corrected chi connectivity index (χ0v) is 13.4. The molecule has 3 rings (SSSR count). The summed E-state index contributed by atoms with van der Waals surface area (Å²) in [4.78, 5) is 0.220. The van der Waals surface area contributed by atoms with Crippen LogP contribution >= 0.6 is 11.6 Å². The summed E-state index contributed by atoms with van der Waals surface area (Å²) in [5.74, 6) is 0. The van der Waals surface area contributed by atoms with Crippen molar-refractivity contribution < 1.29 is 13.5 Å². The Balaban J connectivity index is 2.04. The molecule has 21 heavy (non-hydrogen) atoms. The van der Waals surface area contributed by atoms with Crippen molar-refractivity contribution in [2.24, 2.45) is 0 Å². The molecule has 1 aromatic carbocycles. The average molecular weight is 331 g/mol. The number of rotatable bonds is 2. The highest BCUT2D eigenvalue weighted by Gasteiger charge is 2.47. The van der Waals surface area contributed by atoms with Crippen LogP contribution in [0.1, 0.15) is 31.2 Å². The van der Waals surface area contributed by atoms with Crippen LogP contribution in [0, 0.1) is 6.92 Å². The minimum atomic E-state index is -3.61. The second kappa shape index (κ2) is 5.12. The van der Waals surface area contributed by atoms with E-state index in [4.69, 9.17) is 17.3 Å². The molecule has 0 aliphatic carbocycles. The monoisotopic (exact) mass is 330 g/mol. The molecule has 7 heteroatoms. The minimum absolute atomic E-state index is 0.111. The van der Waals surface area contributed by atoms with Crippen molar-refractivity contribution in [1.82, 2.24) is 4.31 Å². The van der Waals surface area contributed by atoms with E-state index in [1.54, 1.807) is 17.3 Å². The third kappa shape index (κ3) is 2.44. The molecular formula is C14H19ClN2O3S. The van der Waals surface area contributed by atoms with Gasteiger partial charge in [0.2, 0.25) is 10.0 Å². The van der Waals surface area contributed by atoms with Crippen LogP contribution in [0.25, 0.3) is 0 Å². The van der Waals surface area contributed by atoms with Gasteiger partial charge in [0, 0.05) is 12.1 Å². The van der Waals surface area contributed by atoms with Gasteiger partial charge in [0.25, 0.3) is 0 Å². The number of hydrogen-bond donors (Lipinski definition) is 2. The smallest absolute Gasteiger partial charge is 0.243 e. The lowest BCUT2D eigenvalue weighted by molar-refractivity contribution is 0.0768. The Morgan fingerprint density at radius 2 is 1.86 bits per heavy atom. The first-order valence-electron chi connectivity index (χ1n) is 7.08. The highest BCUT2D eigenvalue weighted by atomic mass is 35.5. The summed E-state index contributed by atoms with van der Waals surface area (Å²) in [6.45, 7) is 1.72. The quantitative estimate of drug-likeness (QED) is 0.811. The van der Waals surface area contributed by atoms with E-state index in [2.05, 4.69) is 0 Å². The number of benzene rings is 1. The zero-order chi connectivity index (χ0) is 15.4. The molecule has 0 aromatic heterocycles. The van der Waals surface area contributed by atoms with Gasteiger partial charge < -0.3 is 10.8 Å². The van der Waals surface area contributed by atoms with E-state index in [0.717, 1.165) is 12.8 Å². The highest BCUT2D eigenvalue weighted by Crippen LogP contribution is 2.41. The fraction of sp³-hybridized carbons (Fsp3) is 0.571. The van der Waals surface area contributed by atoms with E-state index in [-0.39, 0.29) is 22.7 Å². The molecule has 2 unspecified atom stereocenters. The van der Waals surface area contributed by atoms with Gasteiger partial charge in [-0.2, -0.15) is 4.31 Å². The third-order valence-corrected chi connectivity index (χ3v) is 6.97. The van der Waals surface area contributed by atoms with E-state index in [0.29, 0.717) is 23.4 Å². The Kier molecular flexibility index (Phi) is 3.68. The van der Waals surface area contributed by atoms with Crippen molar-refractivity contribution >= 4 is 27.3 Å². The molecule has 1 aromatic rings. The first kappa shape index (κ1) is 15.1. The summed E-state index contributed by atoms with van der Waals surface area (Å²) in [6.07, 6.45) is 2.24. The Bertz CT molecular complexity index is 663. The molecule has 2 fully saturated rings. The molecule has 5 nitrogen and oxygen atoms in total. The summed E-state index contributed by atoms with van der Waals surface area (Å²) in [6, 6.07) is 2.81. The van der Waals surface area contributed by atoms with Gasteiger partial charge in [-0.3, -0.25) is 0 Å². The third-order valence-electron chi connectivity index (χ3n) is 4.49. The molecule has 2 saturated heterocycles. The first-order valence-corrected chi connectivity index (χ1v) is 8.89. The van der Waals surface area contributed by atoms with Crippen molar-refractivity contribution in [2.45, 2.75) is 55.7 Å². The average Bonchev–Trinajstić information content (AvgIpc) is 2.67. The topological polar surface area (TPSA) is 83.6 Å². The number of fused-ring (bicyclic) bond motifs is 2. The van der Waals surface area contributed by atoms with Crippen molar-refractivity contribution in [3.05, 3.63) is 22.7 Å². The summed E-state index contributed by atoms with van der Waals surface area (Å²) in [7, 11) is -3.61. The SMILES string of the molecule is Cc1cc(Cl)c(N)cc1S(=O)(=O)N1C2CCC1CC(O)C2. The molecule has 2 atom stereocenters. The number of aliphatic hydroxyl groups is 1. The van der Waals surface area contributed by atoms with Crippen LogP contribution in [0.15, 0.2) is 17.0 Å². The maximum atomic E-state index is 13.0. The Morgan fingerprint density at radius 1 is 1.29 bits per heavy atom. The molecular weight excluding hydrogens is 312 g/mol. The van der Waals surface area contributed by atoms with Crippen molar-refractivity contribution in [3.63, 3.8) is 0 Å². The summed E-state index contributed by atoms with van der Waals surface area (Å²) >= 11 is 5.94.